The van der Waals surface area contributed by atoms with Crippen molar-refractivity contribution in [1.29, 1.82) is 0 Å². The highest BCUT2D eigenvalue weighted by atomic mass is 28.1. The van der Waals surface area contributed by atoms with E-state index >= 15 is 0 Å². The number of allylic oxidation sites excluding steroid dienone is 2. The van der Waals surface area contributed by atoms with Gasteiger partial charge in [0.1, 0.15) is 0 Å². The molecule has 12 heavy (non-hydrogen) atoms. The minimum Gasteiger partial charge on any atom is -0.0925 e. The van der Waals surface area contributed by atoms with Crippen molar-refractivity contribution in [2.24, 2.45) is 5.92 Å². The molecule has 70 valence electrons. The van der Waals surface area contributed by atoms with Gasteiger partial charge in [0.05, 0.1) is 0 Å². The fourth-order valence-corrected chi connectivity index (χ4v) is 3.20. The Morgan fingerprint density at radius 3 is 2.17 bits per heavy atom. The lowest BCUT2D eigenvalue weighted by atomic mass is 9.94. The first-order valence-corrected chi connectivity index (χ1v) is 6.48. The summed E-state index contributed by atoms with van der Waals surface area (Å²) in [5, 5.41) is 1.80. The Kier molecular flexibility index (Phi) is 4.06. The molecule has 0 amide bonds. The molecule has 1 saturated carbocycles. The molecule has 0 N–H and O–H groups in total. The third kappa shape index (κ3) is 2.22. The van der Waals surface area contributed by atoms with Gasteiger partial charge in [0, 0.05) is 10.2 Å². The van der Waals surface area contributed by atoms with E-state index in [-0.39, 0.29) is 0 Å². The summed E-state index contributed by atoms with van der Waals surface area (Å²) < 4.78 is 0. The zero-order chi connectivity index (χ0) is 8.97. The molecule has 0 aliphatic heterocycles. The standard InChI is InChI=1S/C11H22Si/c1-3-10(11(12)4-2)9-7-5-6-8-9/h9H,3-8H2,1-2,12H3. The van der Waals surface area contributed by atoms with Gasteiger partial charge in [-0.2, -0.15) is 0 Å². The summed E-state index contributed by atoms with van der Waals surface area (Å²) in [5.41, 5.74) is 1.83. The van der Waals surface area contributed by atoms with Gasteiger partial charge in [0.25, 0.3) is 0 Å². The molecule has 1 aliphatic rings. The number of hydrogen-bond acceptors (Lipinski definition) is 0. The molecule has 0 saturated heterocycles. The zero-order valence-corrected chi connectivity index (χ0v) is 10.8. The number of hydrogen-bond donors (Lipinski definition) is 0. The molecule has 0 aromatic carbocycles. The Hall–Kier alpha value is -0.0431. The highest BCUT2D eigenvalue weighted by Gasteiger charge is 2.18. The maximum absolute atomic E-state index is 2.33. The van der Waals surface area contributed by atoms with E-state index in [1.54, 1.807) is 5.20 Å². The molecular formula is C11H22Si. The van der Waals surface area contributed by atoms with E-state index in [0.29, 0.717) is 0 Å². The van der Waals surface area contributed by atoms with Gasteiger partial charge in [-0.25, -0.2) is 0 Å². The van der Waals surface area contributed by atoms with E-state index < -0.39 is 0 Å². The second kappa shape index (κ2) is 4.86. The lowest BCUT2D eigenvalue weighted by Crippen LogP contribution is -2.02. The van der Waals surface area contributed by atoms with Crippen LogP contribution in [0.2, 0.25) is 0 Å². The average molecular weight is 182 g/mol. The van der Waals surface area contributed by atoms with E-state index in [1.807, 2.05) is 5.57 Å². The summed E-state index contributed by atoms with van der Waals surface area (Å²) in [7, 11) is 1.30. The second-order valence-electron chi connectivity index (χ2n) is 3.99. The summed E-state index contributed by atoms with van der Waals surface area (Å²) in [6.45, 7) is 4.65. The number of rotatable bonds is 3. The monoisotopic (exact) mass is 182 g/mol. The van der Waals surface area contributed by atoms with Crippen LogP contribution in [0.4, 0.5) is 0 Å². The van der Waals surface area contributed by atoms with Crippen molar-refractivity contribution in [2.45, 2.75) is 52.4 Å². The van der Waals surface area contributed by atoms with Crippen molar-refractivity contribution < 1.29 is 0 Å². The van der Waals surface area contributed by atoms with Crippen LogP contribution in [0.15, 0.2) is 10.8 Å². The zero-order valence-electron chi connectivity index (χ0n) is 8.82. The molecule has 0 heterocycles. The largest absolute Gasteiger partial charge is 0.0925 e. The fourth-order valence-electron chi connectivity index (χ4n) is 2.44. The summed E-state index contributed by atoms with van der Waals surface area (Å²) >= 11 is 0. The molecule has 1 aliphatic carbocycles. The smallest absolute Gasteiger partial charge is 0.0332 e. The van der Waals surface area contributed by atoms with Crippen molar-refractivity contribution in [2.75, 3.05) is 0 Å². The topological polar surface area (TPSA) is 0 Å². The summed E-state index contributed by atoms with van der Waals surface area (Å²) in [6, 6.07) is 0. The van der Waals surface area contributed by atoms with Crippen molar-refractivity contribution in [3.63, 3.8) is 0 Å². The summed E-state index contributed by atoms with van der Waals surface area (Å²) in [4.78, 5) is 0. The maximum atomic E-state index is 2.33. The van der Waals surface area contributed by atoms with Crippen LogP contribution in [0.3, 0.4) is 0 Å². The third-order valence-corrected chi connectivity index (χ3v) is 4.66. The first kappa shape index (κ1) is 10.0. The van der Waals surface area contributed by atoms with Crippen molar-refractivity contribution in [3.05, 3.63) is 10.8 Å². The average Bonchev–Trinajstić information content (AvgIpc) is 2.58. The highest BCUT2D eigenvalue weighted by molar-refractivity contribution is 6.22. The molecule has 1 fully saturated rings. The highest BCUT2D eigenvalue weighted by Crippen LogP contribution is 2.34. The van der Waals surface area contributed by atoms with E-state index in [0.717, 1.165) is 5.92 Å². The van der Waals surface area contributed by atoms with Crippen LogP contribution >= 0.6 is 0 Å². The van der Waals surface area contributed by atoms with Crippen LogP contribution in [-0.2, 0) is 0 Å². The first-order valence-electron chi connectivity index (χ1n) is 5.48. The van der Waals surface area contributed by atoms with Crippen LogP contribution in [-0.4, -0.2) is 10.2 Å². The lowest BCUT2D eigenvalue weighted by Gasteiger charge is -2.16. The van der Waals surface area contributed by atoms with Gasteiger partial charge >= 0.3 is 0 Å². The van der Waals surface area contributed by atoms with Crippen LogP contribution < -0.4 is 0 Å². The quantitative estimate of drug-likeness (QED) is 0.589. The molecule has 0 radical (unpaired) electrons. The predicted octanol–water partition coefficient (Wildman–Crippen LogP) is 2.62. The molecule has 1 rings (SSSR count). The Morgan fingerprint density at radius 1 is 1.17 bits per heavy atom. The van der Waals surface area contributed by atoms with E-state index in [4.69, 9.17) is 0 Å². The minimum atomic E-state index is 0.988. The molecule has 0 atom stereocenters. The van der Waals surface area contributed by atoms with Gasteiger partial charge in [-0.05, 0) is 31.6 Å². The molecule has 0 spiro atoms. The Morgan fingerprint density at radius 2 is 1.75 bits per heavy atom. The summed E-state index contributed by atoms with van der Waals surface area (Å²) in [5.74, 6) is 0.988. The molecule has 0 bridgehead atoms. The SMILES string of the molecule is CCC([SiH3])=C(CC)C1CCCC1. The van der Waals surface area contributed by atoms with E-state index in [9.17, 15) is 0 Å². The van der Waals surface area contributed by atoms with Gasteiger partial charge in [-0.15, -0.1) is 0 Å². The van der Waals surface area contributed by atoms with Crippen LogP contribution in [0.25, 0.3) is 0 Å². The first-order chi connectivity index (χ1) is 5.79. The fraction of sp³-hybridized carbons (Fsp3) is 0.818. The van der Waals surface area contributed by atoms with Gasteiger partial charge in [0.15, 0.2) is 0 Å². The molecule has 0 aromatic rings. The van der Waals surface area contributed by atoms with Crippen molar-refractivity contribution in [1.82, 2.24) is 0 Å². The second-order valence-corrected chi connectivity index (χ2v) is 5.20. The third-order valence-electron chi connectivity index (χ3n) is 3.31. The summed E-state index contributed by atoms with van der Waals surface area (Å²) in [6.07, 6.45) is 8.55. The van der Waals surface area contributed by atoms with Gasteiger partial charge in [-0.1, -0.05) is 37.5 Å². The molecule has 0 nitrogen and oxygen atoms in total. The maximum Gasteiger partial charge on any atom is 0.0332 e. The molecule has 1 heteroatoms. The molecule has 0 aromatic heterocycles. The normalized spacial score (nSPS) is 21.5. The van der Waals surface area contributed by atoms with Crippen LogP contribution in [0.5, 0.6) is 0 Å². The minimum absolute atomic E-state index is 0.988. The Bertz CT molecular complexity index is 164. The van der Waals surface area contributed by atoms with Crippen molar-refractivity contribution in [3.8, 4) is 0 Å². The predicted molar refractivity (Wildman–Crippen MR) is 59.5 cm³/mol. The van der Waals surface area contributed by atoms with E-state index in [1.165, 1.54) is 48.8 Å². The van der Waals surface area contributed by atoms with Gasteiger partial charge in [0.2, 0.25) is 0 Å². The Labute approximate surface area is 79.9 Å². The van der Waals surface area contributed by atoms with Crippen LogP contribution in [0, 0.1) is 5.92 Å². The lowest BCUT2D eigenvalue weighted by molar-refractivity contribution is 0.615. The van der Waals surface area contributed by atoms with Crippen LogP contribution in [0.1, 0.15) is 52.4 Å². The molecular weight excluding hydrogens is 160 g/mol. The van der Waals surface area contributed by atoms with Crippen molar-refractivity contribution >= 4 is 10.2 Å². The van der Waals surface area contributed by atoms with Gasteiger partial charge in [-0.3, -0.25) is 0 Å². The molecule has 0 unspecified atom stereocenters. The van der Waals surface area contributed by atoms with Gasteiger partial charge < -0.3 is 0 Å². The van der Waals surface area contributed by atoms with E-state index in [2.05, 4.69) is 13.8 Å². The Balaban J connectivity index is 2.66.